The Hall–Kier alpha value is -2.69. The van der Waals surface area contributed by atoms with E-state index in [-0.39, 0.29) is 18.9 Å². The predicted octanol–water partition coefficient (Wildman–Crippen LogP) is 8.00. The van der Waals surface area contributed by atoms with Gasteiger partial charge in [0.1, 0.15) is 0 Å². The van der Waals surface area contributed by atoms with Gasteiger partial charge in [-0.15, -0.1) is 0 Å². The summed E-state index contributed by atoms with van der Waals surface area (Å²) in [5.74, 6) is -0.214. The maximum Gasteiger partial charge on any atom is 0.224 e. The van der Waals surface area contributed by atoms with E-state index >= 15 is 0 Å². The second-order valence-electron chi connectivity index (χ2n) is 9.07. The fraction of sp³-hybridized carbons (Fsp3) is 0.500. The summed E-state index contributed by atoms with van der Waals surface area (Å²) in [6.45, 7) is 4.01. The van der Waals surface area contributed by atoms with Crippen LogP contribution in [0.3, 0.4) is 0 Å². The molecule has 0 aliphatic rings. The molecule has 0 aliphatic heterocycles. The van der Waals surface area contributed by atoms with Gasteiger partial charge < -0.3 is 15.5 Å². The second-order valence-corrected chi connectivity index (χ2v) is 9.07. The van der Waals surface area contributed by atoms with Crippen LogP contribution in [0.1, 0.15) is 90.9 Å². The Morgan fingerprint density at radius 3 is 1.55 bits per heavy atom. The van der Waals surface area contributed by atoms with Gasteiger partial charge in [0, 0.05) is 6.42 Å². The zero-order valence-corrected chi connectivity index (χ0v) is 23.9. The van der Waals surface area contributed by atoms with Crippen LogP contribution in [0.25, 0.3) is 0 Å². The van der Waals surface area contributed by atoms with Crippen molar-refractivity contribution in [2.24, 2.45) is 0 Å². The molecule has 3 N–H and O–H groups in total. The lowest BCUT2D eigenvalue weighted by atomic mass is 10.1. The van der Waals surface area contributed by atoms with Gasteiger partial charge in [-0.3, -0.25) is 4.79 Å². The van der Waals surface area contributed by atoms with Crippen molar-refractivity contribution in [1.82, 2.24) is 5.32 Å². The van der Waals surface area contributed by atoms with Gasteiger partial charge in [0.05, 0.1) is 18.8 Å². The third-order valence-electron chi connectivity index (χ3n) is 5.54. The molecule has 0 aliphatic carbocycles. The topological polar surface area (TPSA) is 69.6 Å². The van der Waals surface area contributed by atoms with Crippen molar-refractivity contribution in [2.45, 2.75) is 103 Å². The Labute approximate surface area is 233 Å². The molecule has 4 nitrogen and oxygen atoms in total. The Kier molecular flexibility index (Phi) is 26.8. The molecule has 0 aromatic carbocycles. The second kappa shape index (κ2) is 28.9. The van der Waals surface area contributed by atoms with Gasteiger partial charge in [0.2, 0.25) is 5.91 Å². The summed E-state index contributed by atoms with van der Waals surface area (Å²) in [4.78, 5) is 12.2. The van der Waals surface area contributed by atoms with E-state index in [0.717, 1.165) is 64.2 Å². The Bertz CT molecular complexity index is 784. The zero-order valence-electron chi connectivity index (χ0n) is 23.9. The van der Waals surface area contributed by atoms with Crippen LogP contribution in [0.2, 0.25) is 0 Å². The van der Waals surface area contributed by atoms with Crippen LogP contribution >= 0.6 is 0 Å². The molecule has 38 heavy (non-hydrogen) atoms. The minimum absolute atomic E-state index is 0.214. The van der Waals surface area contributed by atoms with E-state index in [9.17, 15) is 15.0 Å². The highest BCUT2D eigenvalue weighted by Gasteiger charge is 2.17. The summed E-state index contributed by atoms with van der Waals surface area (Å²) >= 11 is 0. The molecular weight excluding hydrogens is 470 g/mol. The number of rotatable bonds is 23. The van der Waals surface area contributed by atoms with Crippen molar-refractivity contribution >= 4 is 5.91 Å². The highest BCUT2D eigenvalue weighted by atomic mass is 16.3. The van der Waals surface area contributed by atoms with Crippen molar-refractivity contribution in [3.63, 3.8) is 0 Å². The number of aliphatic hydroxyl groups is 2. The third-order valence-corrected chi connectivity index (χ3v) is 5.54. The van der Waals surface area contributed by atoms with Crippen molar-refractivity contribution in [3.05, 3.63) is 97.2 Å². The molecule has 0 spiro atoms. The number of carbonyl (C=O) groups excluding carboxylic acids is 1. The van der Waals surface area contributed by atoms with Crippen molar-refractivity contribution in [2.75, 3.05) is 6.61 Å². The van der Waals surface area contributed by atoms with E-state index in [4.69, 9.17) is 0 Å². The van der Waals surface area contributed by atoms with Crippen LogP contribution in [0.4, 0.5) is 0 Å². The zero-order chi connectivity index (χ0) is 27.9. The molecule has 0 aromatic rings. The quantitative estimate of drug-likeness (QED) is 0.0939. The SMILES string of the molecule is CC/C=C\C/C=C\C/C=C\C/C=C\C/C=C\CC(=O)NC(CO)C(O)/C=C/CC/C=C/CC/C=C/CCC. The maximum absolute atomic E-state index is 12.2. The van der Waals surface area contributed by atoms with E-state index < -0.39 is 12.1 Å². The van der Waals surface area contributed by atoms with E-state index in [1.165, 1.54) is 6.42 Å². The Morgan fingerprint density at radius 2 is 1.08 bits per heavy atom. The first-order chi connectivity index (χ1) is 18.7. The van der Waals surface area contributed by atoms with E-state index in [2.05, 4.69) is 92.1 Å². The van der Waals surface area contributed by atoms with Crippen molar-refractivity contribution in [3.8, 4) is 0 Å². The number of amides is 1. The summed E-state index contributed by atoms with van der Waals surface area (Å²) in [7, 11) is 0. The smallest absolute Gasteiger partial charge is 0.224 e. The lowest BCUT2D eigenvalue weighted by Gasteiger charge is -2.19. The summed E-state index contributed by atoms with van der Waals surface area (Å²) in [6.07, 6.45) is 43.5. The number of allylic oxidation sites excluding steroid dienone is 14. The minimum Gasteiger partial charge on any atom is -0.394 e. The standard InChI is InChI=1S/C34H53NO3/c1-3-5-7-9-11-13-15-16-17-18-20-22-24-26-28-30-34(38)35-32(31-36)33(37)29-27-25-23-21-19-14-12-10-8-6-4-2/h5,7-8,10-11,13,16-17,19-22,26-29,32-33,36-37H,3-4,6,9,12,14-15,18,23-25,30-31H2,1-2H3,(H,35,38)/b7-5-,10-8+,13-11-,17-16-,21-19+,22-20-,28-26-,29-27+. The van der Waals surface area contributed by atoms with Crippen molar-refractivity contribution in [1.29, 1.82) is 0 Å². The first kappa shape index (κ1) is 35.3. The Morgan fingerprint density at radius 1 is 0.632 bits per heavy atom. The summed E-state index contributed by atoms with van der Waals surface area (Å²) < 4.78 is 0. The minimum atomic E-state index is -0.912. The van der Waals surface area contributed by atoms with Crippen LogP contribution in [-0.2, 0) is 4.79 Å². The number of nitrogens with one attached hydrogen (secondary N) is 1. The lowest BCUT2D eigenvalue weighted by molar-refractivity contribution is -0.122. The highest BCUT2D eigenvalue weighted by molar-refractivity contribution is 5.77. The van der Waals surface area contributed by atoms with Crippen LogP contribution < -0.4 is 5.32 Å². The fourth-order valence-corrected chi connectivity index (χ4v) is 3.34. The maximum atomic E-state index is 12.2. The molecule has 4 heteroatoms. The summed E-state index contributed by atoms with van der Waals surface area (Å²) in [6, 6.07) is -0.702. The Balaban J connectivity index is 4.01. The van der Waals surface area contributed by atoms with Crippen LogP contribution in [0, 0.1) is 0 Å². The van der Waals surface area contributed by atoms with Gasteiger partial charge >= 0.3 is 0 Å². The highest BCUT2D eigenvalue weighted by Crippen LogP contribution is 2.03. The number of hydrogen-bond donors (Lipinski definition) is 3. The molecule has 2 atom stereocenters. The number of hydrogen-bond acceptors (Lipinski definition) is 3. The van der Waals surface area contributed by atoms with E-state index in [1.807, 2.05) is 18.2 Å². The average Bonchev–Trinajstić information content (AvgIpc) is 2.92. The molecule has 0 saturated heterocycles. The van der Waals surface area contributed by atoms with Gasteiger partial charge in [0.25, 0.3) is 0 Å². The molecule has 2 unspecified atom stereocenters. The van der Waals surface area contributed by atoms with E-state index in [0.29, 0.717) is 0 Å². The van der Waals surface area contributed by atoms with Crippen LogP contribution in [0.5, 0.6) is 0 Å². The van der Waals surface area contributed by atoms with Crippen LogP contribution in [-0.4, -0.2) is 34.9 Å². The molecule has 0 radical (unpaired) electrons. The number of carbonyl (C=O) groups is 1. The molecule has 1 amide bonds. The van der Waals surface area contributed by atoms with Gasteiger partial charge in [0.15, 0.2) is 0 Å². The van der Waals surface area contributed by atoms with Gasteiger partial charge in [-0.05, 0) is 64.2 Å². The molecular formula is C34H53NO3. The third kappa shape index (κ3) is 25.0. The largest absolute Gasteiger partial charge is 0.394 e. The molecule has 212 valence electrons. The summed E-state index contributed by atoms with van der Waals surface area (Å²) in [5.41, 5.74) is 0. The molecule has 0 bridgehead atoms. The number of unbranched alkanes of at least 4 members (excludes halogenated alkanes) is 3. The van der Waals surface area contributed by atoms with Gasteiger partial charge in [-0.2, -0.15) is 0 Å². The molecule has 0 aromatic heterocycles. The van der Waals surface area contributed by atoms with Crippen molar-refractivity contribution < 1.29 is 15.0 Å². The fourth-order valence-electron chi connectivity index (χ4n) is 3.34. The monoisotopic (exact) mass is 523 g/mol. The van der Waals surface area contributed by atoms with Gasteiger partial charge in [-0.1, -0.05) is 117 Å². The summed E-state index contributed by atoms with van der Waals surface area (Å²) in [5, 5.41) is 22.5. The van der Waals surface area contributed by atoms with Crippen LogP contribution in [0.15, 0.2) is 97.2 Å². The molecule has 0 heterocycles. The lowest BCUT2D eigenvalue weighted by Crippen LogP contribution is -2.44. The number of aliphatic hydroxyl groups excluding tert-OH is 2. The van der Waals surface area contributed by atoms with E-state index in [1.54, 1.807) is 6.08 Å². The first-order valence-electron chi connectivity index (χ1n) is 14.5. The first-order valence-corrected chi connectivity index (χ1v) is 14.5. The normalized spacial score (nSPS) is 14.7. The molecule has 0 saturated carbocycles. The molecule has 0 fully saturated rings. The van der Waals surface area contributed by atoms with Gasteiger partial charge in [-0.25, -0.2) is 0 Å². The predicted molar refractivity (Wildman–Crippen MR) is 165 cm³/mol. The molecule has 0 rings (SSSR count). The average molecular weight is 524 g/mol.